The molecule has 2 atom stereocenters. The molecular weight excluding hydrogens is 400 g/mol. The second-order valence-electron chi connectivity index (χ2n) is 11.1. The fraction of sp³-hybridized carbons (Fsp3) is 0.929. The van der Waals surface area contributed by atoms with Crippen molar-refractivity contribution in [2.24, 2.45) is 11.3 Å². The molecule has 0 aliphatic carbocycles. The average Bonchev–Trinajstić information content (AvgIpc) is 2.69. The van der Waals surface area contributed by atoms with Gasteiger partial charge in [-0.3, -0.25) is 9.59 Å². The molecule has 2 unspecified atom stereocenters. The van der Waals surface area contributed by atoms with Crippen LogP contribution in [0.3, 0.4) is 0 Å². The van der Waals surface area contributed by atoms with Crippen LogP contribution < -0.4 is 0 Å². The smallest absolute Gasteiger partial charge is 0.306 e. The highest BCUT2D eigenvalue weighted by Crippen LogP contribution is 2.28. The predicted octanol–water partition coefficient (Wildman–Crippen LogP) is 8.71. The molecule has 0 aromatic carbocycles. The topological polar surface area (TPSA) is 63.6 Å². The minimum Gasteiger partial charge on any atom is -0.481 e. The van der Waals surface area contributed by atoms with E-state index in [1.54, 1.807) is 0 Å². The first-order chi connectivity index (χ1) is 15.1. The zero-order valence-corrected chi connectivity index (χ0v) is 22.1. The van der Waals surface area contributed by atoms with E-state index in [-0.39, 0.29) is 18.5 Å². The van der Waals surface area contributed by atoms with Crippen molar-refractivity contribution in [2.75, 3.05) is 0 Å². The molecule has 0 fully saturated rings. The molecule has 0 saturated heterocycles. The molecule has 4 nitrogen and oxygen atoms in total. The molecule has 0 heterocycles. The van der Waals surface area contributed by atoms with Crippen LogP contribution >= 0.6 is 0 Å². The molecule has 0 aromatic heterocycles. The normalized spacial score (nSPS) is 13.7. The Bertz CT molecular complexity index is 467. The summed E-state index contributed by atoms with van der Waals surface area (Å²) in [6, 6.07) is 0. The monoisotopic (exact) mass is 454 g/mol. The summed E-state index contributed by atoms with van der Waals surface area (Å²) in [6.07, 6.45) is 18.9. The highest BCUT2D eigenvalue weighted by atomic mass is 16.5. The van der Waals surface area contributed by atoms with E-state index in [4.69, 9.17) is 9.84 Å². The number of carboxylic acids is 1. The number of rotatable bonds is 21. The van der Waals surface area contributed by atoms with Gasteiger partial charge in [0.25, 0.3) is 0 Å². The minimum absolute atomic E-state index is 0.0124. The van der Waals surface area contributed by atoms with Crippen molar-refractivity contribution in [3.05, 3.63) is 0 Å². The van der Waals surface area contributed by atoms with Gasteiger partial charge in [-0.2, -0.15) is 0 Å². The molecule has 0 spiro atoms. The highest BCUT2D eigenvalue weighted by Gasteiger charge is 2.19. The number of aliphatic carboxylic acids is 1. The minimum atomic E-state index is -0.801. The number of carbonyl (C=O) groups is 2. The van der Waals surface area contributed by atoms with Crippen LogP contribution in [0.1, 0.15) is 150 Å². The van der Waals surface area contributed by atoms with Gasteiger partial charge in [-0.25, -0.2) is 0 Å². The van der Waals surface area contributed by atoms with Gasteiger partial charge >= 0.3 is 11.9 Å². The third kappa shape index (κ3) is 22.1. The van der Waals surface area contributed by atoms with Crippen LogP contribution in [-0.2, 0) is 14.3 Å². The van der Waals surface area contributed by atoms with E-state index in [0.717, 1.165) is 25.7 Å². The maximum Gasteiger partial charge on any atom is 0.306 e. The second-order valence-corrected chi connectivity index (χ2v) is 11.1. The lowest BCUT2D eigenvalue weighted by Crippen LogP contribution is -2.20. The van der Waals surface area contributed by atoms with Gasteiger partial charge in [0.2, 0.25) is 0 Å². The summed E-state index contributed by atoms with van der Waals surface area (Å²) >= 11 is 0. The Balaban J connectivity index is 4.23. The van der Waals surface area contributed by atoms with Crippen molar-refractivity contribution in [3.8, 4) is 0 Å². The summed E-state index contributed by atoms with van der Waals surface area (Å²) in [4.78, 5) is 22.9. The van der Waals surface area contributed by atoms with Crippen molar-refractivity contribution in [3.63, 3.8) is 0 Å². The van der Waals surface area contributed by atoms with Crippen LogP contribution in [0, 0.1) is 11.3 Å². The first-order valence-electron chi connectivity index (χ1n) is 13.5. The standard InChI is InChI=1S/C28H54O4/c1-6-7-8-9-10-11-12-13-14-15-18-25(22-21-24(2)23-28(3,4)5)32-27(31)20-17-16-19-26(29)30/h24-25H,6-23H2,1-5H3,(H,29,30). The van der Waals surface area contributed by atoms with E-state index in [1.807, 2.05) is 0 Å². The fourth-order valence-electron chi connectivity index (χ4n) is 4.53. The molecule has 1 N–H and O–H groups in total. The van der Waals surface area contributed by atoms with E-state index in [9.17, 15) is 9.59 Å². The molecule has 32 heavy (non-hydrogen) atoms. The molecule has 0 saturated carbocycles. The van der Waals surface area contributed by atoms with Gasteiger partial charge in [-0.05, 0) is 56.3 Å². The van der Waals surface area contributed by atoms with Gasteiger partial charge in [0, 0.05) is 12.8 Å². The van der Waals surface area contributed by atoms with Crippen molar-refractivity contribution < 1.29 is 19.4 Å². The first kappa shape index (κ1) is 30.9. The molecule has 0 radical (unpaired) electrons. The predicted molar refractivity (Wildman–Crippen MR) is 135 cm³/mol. The summed E-state index contributed by atoms with van der Waals surface area (Å²) in [5.74, 6) is -0.333. The van der Waals surface area contributed by atoms with Crippen molar-refractivity contribution >= 4 is 11.9 Å². The number of carboxylic acid groups (broad SMARTS) is 1. The molecule has 0 aliphatic heterocycles. The van der Waals surface area contributed by atoms with Crippen LogP contribution in [-0.4, -0.2) is 23.1 Å². The first-order valence-corrected chi connectivity index (χ1v) is 13.5. The Morgan fingerprint density at radius 3 is 1.81 bits per heavy atom. The number of carbonyl (C=O) groups excluding carboxylic acids is 1. The number of ether oxygens (including phenoxy) is 1. The van der Waals surface area contributed by atoms with E-state index in [2.05, 4.69) is 34.6 Å². The van der Waals surface area contributed by atoms with E-state index in [1.165, 1.54) is 64.2 Å². The van der Waals surface area contributed by atoms with E-state index in [0.29, 0.717) is 30.6 Å². The Morgan fingerprint density at radius 2 is 1.28 bits per heavy atom. The highest BCUT2D eigenvalue weighted by molar-refractivity contribution is 5.70. The van der Waals surface area contributed by atoms with Crippen molar-refractivity contribution in [2.45, 2.75) is 156 Å². The van der Waals surface area contributed by atoms with Crippen molar-refractivity contribution in [1.29, 1.82) is 0 Å². The van der Waals surface area contributed by atoms with Crippen LogP contribution in [0.15, 0.2) is 0 Å². The molecule has 0 rings (SSSR count). The van der Waals surface area contributed by atoms with Gasteiger partial charge in [0.1, 0.15) is 6.10 Å². The second kappa shape index (κ2) is 19.4. The molecule has 0 bridgehead atoms. The SMILES string of the molecule is CCCCCCCCCCCCC(CCC(C)CC(C)(C)C)OC(=O)CCCCC(=O)O. The maximum atomic E-state index is 12.3. The van der Waals surface area contributed by atoms with E-state index >= 15 is 0 Å². The zero-order chi connectivity index (χ0) is 24.2. The van der Waals surface area contributed by atoms with Crippen molar-refractivity contribution in [1.82, 2.24) is 0 Å². The number of hydrogen-bond acceptors (Lipinski definition) is 3. The lowest BCUT2D eigenvalue weighted by molar-refractivity contribution is -0.150. The molecule has 190 valence electrons. The van der Waals surface area contributed by atoms with Crippen LogP contribution in [0.2, 0.25) is 0 Å². The summed E-state index contributed by atoms with van der Waals surface area (Å²) in [6.45, 7) is 11.4. The van der Waals surface area contributed by atoms with Crippen LogP contribution in [0.25, 0.3) is 0 Å². The van der Waals surface area contributed by atoms with E-state index < -0.39 is 5.97 Å². The van der Waals surface area contributed by atoms with Crippen LogP contribution in [0.4, 0.5) is 0 Å². The maximum absolute atomic E-state index is 12.3. The molecular formula is C28H54O4. The third-order valence-corrected chi connectivity index (χ3v) is 6.14. The van der Waals surface area contributed by atoms with Crippen LogP contribution in [0.5, 0.6) is 0 Å². The van der Waals surface area contributed by atoms with Gasteiger partial charge in [-0.1, -0.05) is 92.4 Å². The average molecular weight is 455 g/mol. The lowest BCUT2D eigenvalue weighted by atomic mass is 9.83. The third-order valence-electron chi connectivity index (χ3n) is 6.14. The number of esters is 1. The lowest BCUT2D eigenvalue weighted by Gasteiger charge is -2.25. The quantitative estimate of drug-likeness (QED) is 0.139. The molecule has 4 heteroatoms. The summed E-state index contributed by atoms with van der Waals surface area (Å²) in [5, 5.41) is 8.73. The number of hydrogen-bond donors (Lipinski definition) is 1. The largest absolute Gasteiger partial charge is 0.481 e. The zero-order valence-electron chi connectivity index (χ0n) is 22.1. The Hall–Kier alpha value is -1.06. The van der Waals surface area contributed by atoms with Gasteiger partial charge in [0.15, 0.2) is 0 Å². The summed E-state index contributed by atoms with van der Waals surface area (Å²) in [5.41, 5.74) is 0.326. The Kier molecular flexibility index (Phi) is 18.8. The fourth-order valence-corrected chi connectivity index (χ4v) is 4.53. The Morgan fingerprint density at radius 1 is 0.750 bits per heavy atom. The molecule has 0 aromatic rings. The Labute approximate surface area is 199 Å². The number of unbranched alkanes of at least 4 members (excludes halogenated alkanes) is 10. The summed E-state index contributed by atoms with van der Waals surface area (Å²) in [7, 11) is 0. The summed E-state index contributed by atoms with van der Waals surface area (Å²) < 4.78 is 5.83. The molecule has 0 aliphatic rings. The van der Waals surface area contributed by atoms with Gasteiger partial charge in [-0.15, -0.1) is 0 Å². The van der Waals surface area contributed by atoms with Gasteiger partial charge in [0.05, 0.1) is 0 Å². The van der Waals surface area contributed by atoms with Gasteiger partial charge < -0.3 is 9.84 Å². The molecule has 0 amide bonds.